The zero-order chi connectivity index (χ0) is 13.1. The summed E-state index contributed by atoms with van der Waals surface area (Å²) in [6, 6.07) is 6.94. The molecule has 17 heavy (non-hydrogen) atoms. The maximum absolute atomic E-state index is 12.0. The van der Waals surface area contributed by atoms with E-state index in [1.54, 1.807) is 39.0 Å². The summed E-state index contributed by atoms with van der Waals surface area (Å²) in [6.45, 7) is 7.23. The molecular formula is C13H20O3S. The standard InChI is InChI=1S/C13H20O3S/c1-5-7-11-8-6-9-12(10-11)17(14,15)16-13(2,3)4/h6,8-10H,5,7H2,1-4H3. The molecule has 0 unspecified atom stereocenters. The minimum absolute atomic E-state index is 0.235. The van der Waals surface area contributed by atoms with Crippen LogP contribution in [0.2, 0.25) is 0 Å². The van der Waals surface area contributed by atoms with Gasteiger partial charge in [-0.05, 0) is 44.9 Å². The minimum atomic E-state index is -3.66. The van der Waals surface area contributed by atoms with Crippen molar-refractivity contribution in [3.63, 3.8) is 0 Å². The van der Waals surface area contributed by atoms with E-state index in [9.17, 15) is 8.42 Å². The zero-order valence-corrected chi connectivity index (χ0v) is 11.7. The second-order valence-electron chi connectivity index (χ2n) is 5.05. The molecule has 4 heteroatoms. The van der Waals surface area contributed by atoms with E-state index in [1.807, 2.05) is 6.07 Å². The summed E-state index contributed by atoms with van der Waals surface area (Å²) >= 11 is 0. The Hall–Kier alpha value is -0.870. The SMILES string of the molecule is CCCc1cccc(S(=O)(=O)OC(C)(C)C)c1. The van der Waals surface area contributed by atoms with Crippen molar-refractivity contribution in [3.8, 4) is 0 Å². The molecule has 1 rings (SSSR count). The van der Waals surface area contributed by atoms with Gasteiger partial charge < -0.3 is 0 Å². The Bertz CT molecular complexity index is 470. The number of benzene rings is 1. The summed E-state index contributed by atoms with van der Waals surface area (Å²) in [6.07, 6.45) is 1.86. The van der Waals surface area contributed by atoms with E-state index >= 15 is 0 Å². The van der Waals surface area contributed by atoms with Crippen molar-refractivity contribution in [2.45, 2.75) is 51.0 Å². The van der Waals surface area contributed by atoms with Gasteiger partial charge in [-0.25, -0.2) is 0 Å². The summed E-state index contributed by atoms with van der Waals surface area (Å²) in [4.78, 5) is 0.235. The van der Waals surface area contributed by atoms with Crippen molar-refractivity contribution < 1.29 is 12.6 Å². The van der Waals surface area contributed by atoms with Crippen LogP contribution in [0.25, 0.3) is 0 Å². The molecule has 0 bridgehead atoms. The number of hydrogen-bond donors (Lipinski definition) is 0. The molecule has 0 aromatic heterocycles. The van der Waals surface area contributed by atoms with E-state index in [4.69, 9.17) is 4.18 Å². The van der Waals surface area contributed by atoms with E-state index in [0.29, 0.717) is 0 Å². The van der Waals surface area contributed by atoms with E-state index in [2.05, 4.69) is 6.92 Å². The van der Waals surface area contributed by atoms with Gasteiger partial charge in [0.1, 0.15) is 0 Å². The van der Waals surface area contributed by atoms with Crippen molar-refractivity contribution in [3.05, 3.63) is 29.8 Å². The minimum Gasteiger partial charge on any atom is -0.261 e. The fourth-order valence-corrected chi connectivity index (χ4v) is 2.82. The normalized spacial score (nSPS) is 12.7. The molecule has 0 aliphatic rings. The van der Waals surface area contributed by atoms with Crippen molar-refractivity contribution in [2.75, 3.05) is 0 Å². The van der Waals surface area contributed by atoms with Crippen LogP contribution in [0.3, 0.4) is 0 Å². The molecule has 96 valence electrons. The first-order valence-corrected chi connectivity index (χ1v) is 7.20. The lowest BCUT2D eigenvalue weighted by molar-refractivity contribution is 0.139. The third kappa shape index (κ3) is 4.48. The summed E-state index contributed by atoms with van der Waals surface area (Å²) in [5, 5.41) is 0. The van der Waals surface area contributed by atoms with Crippen LogP contribution in [0.15, 0.2) is 29.2 Å². The molecule has 0 atom stereocenters. The van der Waals surface area contributed by atoms with Gasteiger partial charge in [0.2, 0.25) is 0 Å². The van der Waals surface area contributed by atoms with Crippen LogP contribution in [0.5, 0.6) is 0 Å². The highest BCUT2D eigenvalue weighted by atomic mass is 32.2. The van der Waals surface area contributed by atoms with Crippen LogP contribution in [-0.4, -0.2) is 14.0 Å². The number of hydrogen-bond acceptors (Lipinski definition) is 3. The van der Waals surface area contributed by atoms with Gasteiger partial charge in [-0.2, -0.15) is 8.42 Å². The van der Waals surface area contributed by atoms with Crippen molar-refractivity contribution >= 4 is 10.1 Å². The fourth-order valence-electron chi connectivity index (χ4n) is 1.52. The molecule has 1 aromatic rings. The Labute approximate surface area is 104 Å². The maximum Gasteiger partial charge on any atom is 0.297 e. The fraction of sp³-hybridized carbons (Fsp3) is 0.538. The third-order valence-electron chi connectivity index (χ3n) is 2.09. The monoisotopic (exact) mass is 256 g/mol. The van der Waals surface area contributed by atoms with Gasteiger partial charge in [-0.3, -0.25) is 4.18 Å². The number of aryl methyl sites for hydroxylation is 1. The molecule has 0 fully saturated rings. The Morgan fingerprint density at radius 1 is 1.24 bits per heavy atom. The summed E-state index contributed by atoms with van der Waals surface area (Å²) in [5.41, 5.74) is 0.311. The molecule has 3 nitrogen and oxygen atoms in total. The molecule has 0 saturated heterocycles. The predicted molar refractivity (Wildman–Crippen MR) is 68.5 cm³/mol. The molecule has 0 saturated carbocycles. The average Bonchev–Trinajstić information content (AvgIpc) is 2.15. The lowest BCUT2D eigenvalue weighted by Crippen LogP contribution is -2.24. The van der Waals surface area contributed by atoms with Gasteiger partial charge in [0.05, 0.1) is 10.5 Å². The van der Waals surface area contributed by atoms with Crippen LogP contribution in [-0.2, 0) is 20.7 Å². The van der Waals surface area contributed by atoms with Gasteiger partial charge in [0.15, 0.2) is 0 Å². The molecule has 0 spiro atoms. The highest BCUT2D eigenvalue weighted by molar-refractivity contribution is 7.86. The maximum atomic E-state index is 12.0. The average molecular weight is 256 g/mol. The Kier molecular flexibility index (Phi) is 4.33. The molecule has 0 radical (unpaired) electrons. The summed E-state index contributed by atoms with van der Waals surface area (Å²) in [5.74, 6) is 0. The first kappa shape index (κ1) is 14.2. The van der Waals surface area contributed by atoms with Gasteiger partial charge in [-0.15, -0.1) is 0 Å². The van der Waals surface area contributed by atoms with Crippen LogP contribution < -0.4 is 0 Å². The van der Waals surface area contributed by atoms with Crippen LogP contribution in [0, 0.1) is 0 Å². The second-order valence-corrected chi connectivity index (χ2v) is 6.59. The van der Waals surface area contributed by atoms with Crippen molar-refractivity contribution in [2.24, 2.45) is 0 Å². The molecule has 1 aromatic carbocycles. The molecule has 0 N–H and O–H groups in total. The summed E-state index contributed by atoms with van der Waals surface area (Å²) in [7, 11) is -3.66. The third-order valence-corrected chi connectivity index (χ3v) is 3.64. The molecule has 0 aliphatic heterocycles. The van der Waals surface area contributed by atoms with Crippen LogP contribution in [0.4, 0.5) is 0 Å². The first-order chi connectivity index (χ1) is 7.74. The van der Waals surface area contributed by atoms with Crippen LogP contribution >= 0.6 is 0 Å². The highest BCUT2D eigenvalue weighted by Crippen LogP contribution is 2.20. The van der Waals surface area contributed by atoms with E-state index in [-0.39, 0.29) is 4.90 Å². The van der Waals surface area contributed by atoms with E-state index in [1.165, 1.54) is 0 Å². The quantitative estimate of drug-likeness (QED) is 0.777. The molecule has 0 aliphatic carbocycles. The Morgan fingerprint density at radius 3 is 2.41 bits per heavy atom. The second kappa shape index (κ2) is 5.19. The Morgan fingerprint density at radius 2 is 1.88 bits per heavy atom. The van der Waals surface area contributed by atoms with Gasteiger partial charge in [0, 0.05) is 0 Å². The topological polar surface area (TPSA) is 43.4 Å². The van der Waals surface area contributed by atoms with Crippen molar-refractivity contribution in [1.82, 2.24) is 0 Å². The van der Waals surface area contributed by atoms with Gasteiger partial charge >= 0.3 is 0 Å². The molecular weight excluding hydrogens is 236 g/mol. The van der Waals surface area contributed by atoms with E-state index < -0.39 is 15.7 Å². The summed E-state index contributed by atoms with van der Waals surface area (Å²) < 4.78 is 29.1. The van der Waals surface area contributed by atoms with Gasteiger partial charge in [0.25, 0.3) is 10.1 Å². The Balaban J connectivity index is 3.03. The predicted octanol–water partition coefficient (Wildman–Crippen LogP) is 3.14. The lowest BCUT2D eigenvalue weighted by Gasteiger charge is -2.19. The first-order valence-electron chi connectivity index (χ1n) is 5.79. The molecule has 0 amide bonds. The highest BCUT2D eigenvalue weighted by Gasteiger charge is 2.23. The van der Waals surface area contributed by atoms with E-state index in [0.717, 1.165) is 18.4 Å². The van der Waals surface area contributed by atoms with Crippen LogP contribution in [0.1, 0.15) is 39.7 Å². The smallest absolute Gasteiger partial charge is 0.261 e. The lowest BCUT2D eigenvalue weighted by atomic mass is 10.1. The van der Waals surface area contributed by atoms with Gasteiger partial charge in [-0.1, -0.05) is 25.5 Å². The van der Waals surface area contributed by atoms with Crippen molar-refractivity contribution in [1.29, 1.82) is 0 Å². The zero-order valence-electron chi connectivity index (χ0n) is 10.9. The molecule has 0 heterocycles. The largest absolute Gasteiger partial charge is 0.297 e. The number of rotatable bonds is 4.